The van der Waals surface area contributed by atoms with E-state index in [9.17, 15) is 0 Å². The van der Waals surface area contributed by atoms with Crippen molar-refractivity contribution in [1.29, 1.82) is 0 Å². The zero-order chi connectivity index (χ0) is 15.1. The van der Waals surface area contributed by atoms with Gasteiger partial charge in [-0.05, 0) is 31.0 Å². The fourth-order valence-corrected chi connectivity index (χ4v) is 3.28. The largest absolute Gasteiger partial charge is 0.310 e. The van der Waals surface area contributed by atoms with Gasteiger partial charge >= 0.3 is 0 Å². The first-order chi connectivity index (χ1) is 10.1. The molecule has 21 heavy (non-hydrogen) atoms. The Kier molecular flexibility index (Phi) is 6.72. The molecule has 0 amide bonds. The number of hydrogen-bond acceptors (Lipinski definition) is 2. The first-order valence-corrected chi connectivity index (χ1v) is 8.66. The van der Waals surface area contributed by atoms with Crippen molar-refractivity contribution >= 4 is 0 Å². The fraction of sp³-hybridized carbons (Fsp3) is 0.684. The lowest BCUT2D eigenvalue weighted by Gasteiger charge is -2.27. The van der Waals surface area contributed by atoms with E-state index < -0.39 is 0 Å². The summed E-state index contributed by atoms with van der Waals surface area (Å²) in [6.45, 7) is 6.45. The third-order valence-corrected chi connectivity index (χ3v) is 4.59. The Morgan fingerprint density at radius 2 is 1.76 bits per heavy atom. The SMILES string of the molecule is CC(C)NCc1cccc(CN(C)C2CCCCCC2)c1. The smallest absolute Gasteiger partial charge is 0.0233 e. The second-order valence-electron chi connectivity index (χ2n) is 6.92. The van der Waals surface area contributed by atoms with Crippen LogP contribution in [0.15, 0.2) is 24.3 Å². The van der Waals surface area contributed by atoms with Gasteiger partial charge in [0.1, 0.15) is 0 Å². The molecule has 2 rings (SSSR count). The second kappa shape index (κ2) is 8.55. The van der Waals surface area contributed by atoms with Crippen molar-refractivity contribution in [2.75, 3.05) is 7.05 Å². The average molecular weight is 288 g/mol. The van der Waals surface area contributed by atoms with Gasteiger partial charge in [0.25, 0.3) is 0 Å². The van der Waals surface area contributed by atoms with E-state index in [0.29, 0.717) is 6.04 Å². The van der Waals surface area contributed by atoms with Crippen LogP contribution in [0.3, 0.4) is 0 Å². The Morgan fingerprint density at radius 1 is 1.10 bits per heavy atom. The molecule has 1 aliphatic carbocycles. The minimum absolute atomic E-state index is 0.544. The quantitative estimate of drug-likeness (QED) is 0.783. The van der Waals surface area contributed by atoms with Crippen LogP contribution >= 0.6 is 0 Å². The molecule has 0 bridgehead atoms. The maximum absolute atomic E-state index is 3.50. The summed E-state index contributed by atoms with van der Waals surface area (Å²) in [5.74, 6) is 0. The van der Waals surface area contributed by atoms with Crippen LogP contribution in [0, 0.1) is 0 Å². The van der Waals surface area contributed by atoms with E-state index in [0.717, 1.165) is 19.1 Å². The van der Waals surface area contributed by atoms with Crippen molar-refractivity contribution in [3.63, 3.8) is 0 Å². The fourth-order valence-electron chi connectivity index (χ4n) is 3.28. The number of rotatable bonds is 6. The Bertz CT molecular complexity index is 406. The summed E-state index contributed by atoms with van der Waals surface area (Å²) in [6.07, 6.45) is 8.44. The molecule has 0 atom stereocenters. The number of nitrogens with zero attached hydrogens (tertiary/aromatic N) is 1. The van der Waals surface area contributed by atoms with Gasteiger partial charge in [-0.1, -0.05) is 63.8 Å². The van der Waals surface area contributed by atoms with Crippen molar-refractivity contribution in [3.8, 4) is 0 Å². The number of benzene rings is 1. The van der Waals surface area contributed by atoms with Gasteiger partial charge in [-0.3, -0.25) is 4.90 Å². The van der Waals surface area contributed by atoms with Crippen LogP contribution in [-0.2, 0) is 13.1 Å². The van der Waals surface area contributed by atoms with Crippen LogP contribution in [0.4, 0.5) is 0 Å². The van der Waals surface area contributed by atoms with E-state index in [1.807, 2.05) is 0 Å². The molecule has 0 aliphatic heterocycles. The lowest BCUT2D eigenvalue weighted by Crippen LogP contribution is -2.30. The Morgan fingerprint density at radius 3 is 2.43 bits per heavy atom. The molecule has 0 heterocycles. The summed E-state index contributed by atoms with van der Waals surface area (Å²) in [4.78, 5) is 2.57. The molecule has 0 spiro atoms. The van der Waals surface area contributed by atoms with Crippen LogP contribution in [0.5, 0.6) is 0 Å². The normalized spacial score (nSPS) is 17.4. The van der Waals surface area contributed by atoms with Crippen LogP contribution in [0.1, 0.15) is 63.5 Å². The van der Waals surface area contributed by atoms with Crippen molar-refractivity contribution in [3.05, 3.63) is 35.4 Å². The highest BCUT2D eigenvalue weighted by Gasteiger charge is 2.16. The molecule has 118 valence electrons. The molecule has 2 nitrogen and oxygen atoms in total. The summed E-state index contributed by atoms with van der Waals surface area (Å²) in [6, 6.07) is 10.4. The van der Waals surface area contributed by atoms with Crippen LogP contribution in [0.2, 0.25) is 0 Å². The van der Waals surface area contributed by atoms with Crippen molar-refractivity contribution in [2.24, 2.45) is 0 Å². The van der Waals surface area contributed by atoms with Gasteiger partial charge in [0.2, 0.25) is 0 Å². The van der Waals surface area contributed by atoms with E-state index in [1.54, 1.807) is 0 Å². The third kappa shape index (κ3) is 5.80. The zero-order valence-corrected chi connectivity index (χ0v) is 14.1. The standard InChI is InChI=1S/C19H32N2/c1-16(2)20-14-17-9-8-10-18(13-17)15-21(3)19-11-6-4-5-7-12-19/h8-10,13,16,19-20H,4-7,11-12,14-15H2,1-3H3. The summed E-state index contributed by atoms with van der Waals surface area (Å²) >= 11 is 0. The monoisotopic (exact) mass is 288 g/mol. The second-order valence-corrected chi connectivity index (χ2v) is 6.92. The van der Waals surface area contributed by atoms with Gasteiger partial charge in [0, 0.05) is 25.2 Å². The van der Waals surface area contributed by atoms with E-state index >= 15 is 0 Å². The maximum Gasteiger partial charge on any atom is 0.0233 e. The molecule has 0 unspecified atom stereocenters. The predicted octanol–water partition coefficient (Wildman–Crippen LogP) is 4.34. The Labute approximate surface area is 130 Å². The van der Waals surface area contributed by atoms with Crippen molar-refractivity contribution < 1.29 is 0 Å². The topological polar surface area (TPSA) is 15.3 Å². The summed E-state index contributed by atoms with van der Waals surface area (Å²) in [5, 5.41) is 3.50. The van der Waals surface area contributed by atoms with Crippen LogP contribution in [0.25, 0.3) is 0 Å². The molecule has 1 aromatic rings. The highest BCUT2D eigenvalue weighted by atomic mass is 15.1. The zero-order valence-electron chi connectivity index (χ0n) is 14.1. The van der Waals surface area contributed by atoms with Gasteiger partial charge in [0.15, 0.2) is 0 Å². The summed E-state index contributed by atoms with van der Waals surface area (Å²) in [5.41, 5.74) is 2.85. The molecule has 0 aromatic heterocycles. The molecule has 1 aliphatic rings. The molecule has 1 aromatic carbocycles. The summed E-state index contributed by atoms with van der Waals surface area (Å²) in [7, 11) is 2.30. The van der Waals surface area contributed by atoms with E-state index in [-0.39, 0.29) is 0 Å². The molecular weight excluding hydrogens is 256 g/mol. The third-order valence-electron chi connectivity index (χ3n) is 4.59. The van der Waals surface area contributed by atoms with Crippen molar-refractivity contribution in [1.82, 2.24) is 10.2 Å². The first-order valence-electron chi connectivity index (χ1n) is 8.66. The van der Waals surface area contributed by atoms with Crippen molar-refractivity contribution in [2.45, 2.75) is 77.5 Å². The van der Waals surface area contributed by atoms with Gasteiger partial charge in [-0.25, -0.2) is 0 Å². The van der Waals surface area contributed by atoms with E-state index in [4.69, 9.17) is 0 Å². The minimum atomic E-state index is 0.544. The van der Waals surface area contributed by atoms with E-state index in [2.05, 4.69) is 55.4 Å². The first kappa shape index (κ1) is 16.5. The predicted molar refractivity (Wildman–Crippen MR) is 91.4 cm³/mol. The Hall–Kier alpha value is -0.860. The molecule has 0 radical (unpaired) electrons. The van der Waals surface area contributed by atoms with Crippen LogP contribution < -0.4 is 5.32 Å². The number of hydrogen-bond donors (Lipinski definition) is 1. The highest BCUT2D eigenvalue weighted by molar-refractivity contribution is 5.23. The molecule has 1 saturated carbocycles. The van der Waals surface area contributed by atoms with Crippen LogP contribution in [-0.4, -0.2) is 24.0 Å². The molecule has 2 heteroatoms. The molecule has 1 N–H and O–H groups in total. The highest BCUT2D eigenvalue weighted by Crippen LogP contribution is 2.22. The maximum atomic E-state index is 3.50. The molecule has 0 saturated heterocycles. The lowest BCUT2D eigenvalue weighted by atomic mass is 10.1. The van der Waals surface area contributed by atoms with E-state index in [1.165, 1.54) is 49.7 Å². The van der Waals surface area contributed by atoms with Gasteiger partial charge in [-0.15, -0.1) is 0 Å². The van der Waals surface area contributed by atoms with Gasteiger partial charge in [-0.2, -0.15) is 0 Å². The average Bonchev–Trinajstić information content (AvgIpc) is 2.74. The van der Waals surface area contributed by atoms with Gasteiger partial charge < -0.3 is 5.32 Å². The molecular formula is C19H32N2. The molecule has 1 fully saturated rings. The number of nitrogens with one attached hydrogen (secondary N) is 1. The minimum Gasteiger partial charge on any atom is -0.310 e. The Balaban J connectivity index is 1.90. The summed E-state index contributed by atoms with van der Waals surface area (Å²) < 4.78 is 0. The lowest BCUT2D eigenvalue weighted by molar-refractivity contribution is 0.213. The van der Waals surface area contributed by atoms with Gasteiger partial charge in [0.05, 0.1) is 0 Å².